The highest BCUT2D eigenvalue weighted by molar-refractivity contribution is 5.65. The molecule has 0 unspecified atom stereocenters. The Morgan fingerprint density at radius 1 is 1.25 bits per heavy atom. The molecule has 108 valence electrons. The molecular weight excluding hydrogens is 250 g/mol. The van der Waals surface area contributed by atoms with Crippen molar-refractivity contribution in [3.8, 4) is 11.4 Å². The summed E-state index contributed by atoms with van der Waals surface area (Å²) in [5.74, 6) is 2.08. The fraction of sp³-hybridized carbons (Fsp3) is 0.533. The van der Waals surface area contributed by atoms with Crippen molar-refractivity contribution < 1.29 is 0 Å². The van der Waals surface area contributed by atoms with E-state index in [4.69, 9.17) is 4.98 Å². The van der Waals surface area contributed by atoms with Crippen molar-refractivity contribution in [2.75, 3.05) is 11.9 Å². The summed E-state index contributed by atoms with van der Waals surface area (Å²) in [7, 11) is 0. The molecule has 0 fully saturated rings. The molecule has 2 aromatic heterocycles. The summed E-state index contributed by atoms with van der Waals surface area (Å²) in [5, 5.41) is 7.67. The molecule has 2 aromatic rings. The summed E-state index contributed by atoms with van der Waals surface area (Å²) >= 11 is 0. The lowest BCUT2D eigenvalue weighted by molar-refractivity contribution is 0.663. The first kappa shape index (κ1) is 14.5. The van der Waals surface area contributed by atoms with Gasteiger partial charge in [0.15, 0.2) is 0 Å². The number of hydrogen-bond donors (Lipinski definition) is 1. The minimum atomic E-state index is 0.296. The van der Waals surface area contributed by atoms with E-state index in [1.807, 2.05) is 16.9 Å². The van der Waals surface area contributed by atoms with Gasteiger partial charge >= 0.3 is 0 Å². The first-order chi connectivity index (χ1) is 9.58. The molecule has 0 aliphatic rings. The zero-order chi connectivity index (χ0) is 14.7. The Bertz CT molecular complexity index is 586. The molecule has 0 saturated carbocycles. The highest BCUT2D eigenvalue weighted by Crippen LogP contribution is 2.27. The Morgan fingerprint density at radius 2 is 2.00 bits per heavy atom. The predicted octanol–water partition coefficient (Wildman–Crippen LogP) is 3.22. The molecule has 5 nitrogen and oxygen atoms in total. The largest absolute Gasteiger partial charge is 0.370 e. The van der Waals surface area contributed by atoms with Crippen molar-refractivity contribution in [2.24, 2.45) is 0 Å². The van der Waals surface area contributed by atoms with Crippen LogP contribution in [0.2, 0.25) is 0 Å². The summed E-state index contributed by atoms with van der Waals surface area (Å²) in [6.07, 6.45) is 1.82. The van der Waals surface area contributed by atoms with E-state index in [0.29, 0.717) is 5.92 Å². The molecule has 0 aromatic carbocycles. The van der Waals surface area contributed by atoms with Gasteiger partial charge in [0.05, 0.1) is 11.4 Å². The van der Waals surface area contributed by atoms with Gasteiger partial charge in [-0.05, 0) is 26.8 Å². The topological polar surface area (TPSA) is 55.6 Å². The number of hydrogen-bond acceptors (Lipinski definition) is 4. The first-order valence-electron chi connectivity index (χ1n) is 7.23. The maximum absolute atomic E-state index is 4.75. The van der Waals surface area contributed by atoms with Crippen molar-refractivity contribution in [1.82, 2.24) is 19.7 Å². The molecule has 5 heteroatoms. The van der Waals surface area contributed by atoms with Crippen LogP contribution in [0.15, 0.2) is 12.3 Å². The van der Waals surface area contributed by atoms with Crippen LogP contribution in [-0.2, 0) is 6.54 Å². The zero-order valence-electron chi connectivity index (χ0n) is 12.9. The third-order valence-corrected chi connectivity index (χ3v) is 3.28. The number of nitrogens with zero attached hydrogens (tertiary/aromatic N) is 4. The van der Waals surface area contributed by atoms with Crippen molar-refractivity contribution in [1.29, 1.82) is 0 Å². The highest BCUT2D eigenvalue weighted by atomic mass is 15.3. The molecular formula is C15H23N5. The van der Waals surface area contributed by atoms with Gasteiger partial charge in [-0.25, -0.2) is 9.97 Å². The van der Waals surface area contributed by atoms with E-state index in [-0.39, 0.29) is 0 Å². The van der Waals surface area contributed by atoms with Crippen LogP contribution in [0.25, 0.3) is 11.4 Å². The fourth-order valence-electron chi connectivity index (χ4n) is 2.17. The molecule has 0 saturated heterocycles. The maximum atomic E-state index is 4.75. The number of rotatable bonds is 5. The van der Waals surface area contributed by atoms with Gasteiger partial charge in [0.1, 0.15) is 11.6 Å². The zero-order valence-corrected chi connectivity index (χ0v) is 12.9. The maximum Gasteiger partial charge on any atom is 0.134 e. The minimum Gasteiger partial charge on any atom is -0.370 e. The van der Waals surface area contributed by atoms with Crippen LogP contribution >= 0.6 is 0 Å². The molecule has 0 spiro atoms. The fourth-order valence-corrected chi connectivity index (χ4v) is 2.17. The van der Waals surface area contributed by atoms with Gasteiger partial charge in [0.2, 0.25) is 0 Å². The lowest BCUT2D eigenvalue weighted by atomic mass is 10.1. The van der Waals surface area contributed by atoms with Gasteiger partial charge in [-0.2, -0.15) is 5.10 Å². The van der Waals surface area contributed by atoms with Crippen molar-refractivity contribution in [3.05, 3.63) is 23.7 Å². The van der Waals surface area contributed by atoms with E-state index in [2.05, 4.69) is 50.0 Å². The number of aromatic nitrogens is 4. The molecule has 2 heterocycles. The summed E-state index contributed by atoms with van der Waals surface area (Å²) in [5.41, 5.74) is 3.10. The van der Waals surface area contributed by atoms with Crippen molar-refractivity contribution >= 4 is 5.82 Å². The van der Waals surface area contributed by atoms with Gasteiger partial charge < -0.3 is 5.32 Å². The average Bonchev–Trinajstić information content (AvgIpc) is 2.89. The smallest absolute Gasteiger partial charge is 0.134 e. The molecule has 0 atom stereocenters. The Kier molecular flexibility index (Phi) is 4.37. The average molecular weight is 273 g/mol. The lowest BCUT2D eigenvalue weighted by Gasteiger charge is -2.15. The first-order valence-corrected chi connectivity index (χ1v) is 7.23. The van der Waals surface area contributed by atoms with E-state index >= 15 is 0 Å². The minimum absolute atomic E-state index is 0.296. The third kappa shape index (κ3) is 2.66. The van der Waals surface area contributed by atoms with Crippen LogP contribution in [-0.4, -0.2) is 26.3 Å². The van der Waals surface area contributed by atoms with Crippen LogP contribution in [0.5, 0.6) is 0 Å². The summed E-state index contributed by atoms with van der Waals surface area (Å²) in [6, 6.07) is 2.01. The predicted molar refractivity (Wildman–Crippen MR) is 81.9 cm³/mol. The Balaban J connectivity index is 2.61. The van der Waals surface area contributed by atoms with Crippen molar-refractivity contribution in [3.63, 3.8) is 0 Å². The monoisotopic (exact) mass is 273 g/mol. The van der Waals surface area contributed by atoms with Crippen LogP contribution in [0.3, 0.4) is 0 Å². The van der Waals surface area contributed by atoms with E-state index in [9.17, 15) is 0 Å². The van der Waals surface area contributed by atoms with Crippen LogP contribution < -0.4 is 5.32 Å². The third-order valence-electron chi connectivity index (χ3n) is 3.28. The van der Waals surface area contributed by atoms with Gasteiger partial charge in [0.25, 0.3) is 0 Å². The Labute approximate surface area is 120 Å². The van der Waals surface area contributed by atoms with Gasteiger partial charge in [-0.3, -0.25) is 4.68 Å². The van der Waals surface area contributed by atoms with Crippen LogP contribution in [0.1, 0.15) is 45.0 Å². The summed E-state index contributed by atoms with van der Waals surface area (Å²) < 4.78 is 1.97. The molecule has 2 rings (SSSR count). The summed E-state index contributed by atoms with van der Waals surface area (Å²) in [6.45, 7) is 12.1. The number of anilines is 1. The van der Waals surface area contributed by atoms with E-state index in [1.165, 1.54) is 0 Å². The second kappa shape index (κ2) is 6.03. The molecule has 0 radical (unpaired) electrons. The van der Waals surface area contributed by atoms with E-state index in [1.54, 1.807) is 0 Å². The molecule has 0 aliphatic heterocycles. The Hall–Kier alpha value is -1.91. The SMILES string of the molecule is CCNc1nc(C(C)C)nc(-c2ccnn2CC)c1C. The Morgan fingerprint density at radius 3 is 2.60 bits per heavy atom. The molecule has 0 amide bonds. The second-order valence-electron chi connectivity index (χ2n) is 5.12. The van der Waals surface area contributed by atoms with Crippen molar-refractivity contribution in [2.45, 2.75) is 47.1 Å². The van der Waals surface area contributed by atoms with E-state index in [0.717, 1.165) is 41.7 Å². The second-order valence-corrected chi connectivity index (χ2v) is 5.12. The quantitative estimate of drug-likeness (QED) is 0.908. The normalized spacial score (nSPS) is 11.1. The van der Waals surface area contributed by atoms with Crippen LogP contribution in [0, 0.1) is 6.92 Å². The standard InChI is InChI=1S/C15H23N5/c1-6-16-15-11(5)13(18-14(19-15)10(3)4)12-8-9-17-20(12)7-2/h8-10H,6-7H2,1-5H3,(H,16,18,19). The number of nitrogens with one attached hydrogen (secondary N) is 1. The van der Waals surface area contributed by atoms with Crippen LogP contribution in [0.4, 0.5) is 5.82 Å². The number of aryl methyl sites for hydroxylation is 1. The molecule has 0 bridgehead atoms. The lowest BCUT2D eigenvalue weighted by Crippen LogP contribution is -2.10. The highest BCUT2D eigenvalue weighted by Gasteiger charge is 2.16. The van der Waals surface area contributed by atoms with Gasteiger partial charge in [-0.15, -0.1) is 0 Å². The molecule has 20 heavy (non-hydrogen) atoms. The van der Waals surface area contributed by atoms with E-state index < -0.39 is 0 Å². The van der Waals surface area contributed by atoms with Gasteiger partial charge in [0, 0.05) is 30.8 Å². The summed E-state index contributed by atoms with van der Waals surface area (Å²) in [4.78, 5) is 9.39. The molecule has 1 N–H and O–H groups in total. The molecule has 0 aliphatic carbocycles. The van der Waals surface area contributed by atoms with Gasteiger partial charge in [-0.1, -0.05) is 13.8 Å².